The molecule has 20 heavy (non-hydrogen) atoms. The summed E-state index contributed by atoms with van der Waals surface area (Å²) in [4.78, 5) is 2.22. The first-order chi connectivity index (χ1) is 9.13. The number of nitrogens with one attached hydrogen (secondary N) is 1. The van der Waals surface area contributed by atoms with Crippen molar-refractivity contribution in [1.29, 1.82) is 0 Å². The van der Waals surface area contributed by atoms with Gasteiger partial charge in [-0.05, 0) is 36.9 Å². The Hall–Kier alpha value is -0.550. The first-order valence-electron chi connectivity index (χ1n) is 7.04. The van der Waals surface area contributed by atoms with E-state index in [9.17, 15) is 13.2 Å². The van der Waals surface area contributed by atoms with E-state index in [1.54, 1.807) is 11.3 Å². The lowest BCUT2D eigenvalue weighted by Crippen LogP contribution is -2.23. The number of halogens is 3. The molecule has 0 radical (unpaired) electrons. The summed E-state index contributed by atoms with van der Waals surface area (Å²) in [6.07, 6.45) is -3.80. The van der Waals surface area contributed by atoms with E-state index < -0.39 is 12.6 Å². The summed E-state index contributed by atoms with van der Waals surface area (Å²) in [6.45, 7) is 9.11. The second kappa shape index (κ2) is 6.94. The lowest BCUT2D eigenvalue weighted by atomic mass is 9.95. The van der Waals surface area contributed by atoms with Crippen LogP contribution >= 0.6 is 11.3 Å². The van der Waals surface area contributed by atoms with Gasteiger partial charge in [-0.1, -0.05) is 27.7 Å². The molecule has 0 aromatic carbocycles. The zero-order valence-electron chi connectivity index (χ0n) is 12.6. The Bertz CT molecular complexity index is 404. The summed E-state index contributed by atoms with van der Waals surface area (Å²) in [6, 6.07) is 3.81. The molecule has 0 aliphatic heterocycles. The molecule has 1 unspecified atom stereocenters. The molecule has 0 spiro atoms. The molecule has 0 fully saturated rings. The third-order valence-corrected chi connectivity index (χ3v) is 4.69. The van der Waals surface area contributed by atoms with Crippen molar-refractivity contribution < 1.29 is 13.2 Å². The predicted molar refractivity (Wildman–Crippen MR) is 79.3 cm³/mol. The molecule has 1 aromatic heterocycles. The molecule has 116 valence electrons. The zero-order chi connectivity index (χ0) is 15.4. The van der Waals surface area contributed by atoms with E-state index >= 15 is 0 Å². The summed E-state index contributed by atoms with van der Waals surface area (Å²) in [7, 11) is 0. The second-order valence-corrected chi connectivity index (χ2v) is 7.23. The Morgan fingerprint density at radius 3 is 2.30 bits per heavy atom. The summed E-state index contributed by atoms with van der Waals surface area (Å²) in [5.74, 6) is 0. The monoisotopic (exact) mass is 307 g/mol. The standard InChI is InChI=1S/C15H24F3NS/c1-5-10-19-11(8-9-15(16,17)18)12-6-7-13(20-12)14(2,3)4/h6-7,11,19H,5,8-10H2,1-4H3. The van der Waals surface area contributed by atoms with E-state index in [1.165, 1.54) is 4.88 Å². The van der Waals surface area contributed by atoms with Crippen LogP contribution in [-0.2, 0) is 5.41 Å². The lowest BCUT2D eigenvalue weighted by Gasteiger charge is -2.19. The number of rotatable bonds is 6. The van der Waals surface area contributed by atoms with Crippen molar-refractivity contribution in [2.45, 2.75) is 64.6 Å². The van der Waals surface area contributed by atoms with Crippen LogP contribution in [0, 0.1) is 0 Å². The minimum Gasteiger partial charge on any atom is -0.309 e. The number of alkyl halides is 3. The average molecular weight is 307 g/mol. The van der Waals surface area contributed by atoms with Gasteiger partial charge in [-0.3, -0.25) is 0 Å². The van der Waals surface area contributed by atoms with Gasteiger partial charge < -0.3 is 5.32 Å². The van der Waals surface area contributed by atoms with E-state index in [-0.39, 0.29) is 17.9 Å². The fourth-order valence-corrected chi connectivity index (χ4v) is 3.09. The Labute approximate surface area is 123 Å². The molecule has 0 aliphatic rings. The van der Waals surface area contributed by atoms with Gasteiger partial charge in [0, 0.05) is 22.2 Å². The van der Waals surface area contributed by atoms with Crippen LogP contribution < -0.4 is 5.32 Å². The van der Waals surface area contributed by atoms with Crippen LogP contribution in [0.1, 0.15) is 62.8 Å². The Balaban J connectivity index is 2.79. The van der Waals surface area contributed by atoms with Crippen molar-refractivity contribution >= 4 is 11.3 Å². The molecule has 0 amide bonds. The highest BCUT2D eigenvalue weighted by Gasteiger charge is 2.29. The molecule has 0 bridgehead atoms. The van der Waals surface area contributed by atoms with E-state index in [2.05, 4.69) is 26.1 Å². The van der Waals surface area contributed by atoms with Crippen LogP contribution in [-0.4, -0.2) is 12.7 Å². The summed E-state index contributed by atoms with van der Waals surface area (Å²) in [5, 5.41) is 3.23. The van der Waals surface area contributed by atoms with Crippen molar-refractivity contribution in [3.63, 3.8) is 0 Å². The highest BCUT2D eigenvalue weighted by Crippen LogP contribution is 2.35. The number of hydrogen-bond donors (Lipinski definition) is 1. The maximum absolute atomic E-state index is 12.4. The third kappa shape index (κ3) is 5.83. The smallest absolute Gasteiger partial charge is 0.309 e. The van der Waals surface area contributed by atoms with Gasteiger partial charge in [0.25, 0.3) is 0 Å². The van der Waals surface area contributed by atoms with Crippen molar-refractivity contribution in [2.75, 3.05) is 6.54 Å². The van der Waals surface area contributed by atoms with Crippen LogP contribution in [0.3, 0.4) is 0 Å². The highest BCUT2D eigenvalue weighted by atomic mass is 32.1. The largest absolute Gasteiger partial charge is 0.389 e. The maximum atomic E-state index is 12.4. The van der Waals surface area contributed by atoms with Crippen LogP contribution in [0.25, 0.3) is 0 Å². The van der Waals surface area contributed by atoms with Gasteiger partial charge in [0.15, 0.2) is 0 Å². The lowest BCUT2D eigenvalue weighted by molar-refractivity contribution is -0.136. The normalized spacial score (nSPS) is 14.6. The molecular weight excluding hydrogens is 283 g/mol. The van der Waals surface area contributed by atoms with E-state index in [0.717, 1.165) is 17.8 Å². The van der Waals surface area contributed by atoms with Crippen LogP contribution in [0.5, 0.6) is 0 Å². The van der Waals surface area contributed by atoms with E-state index in [4.69, 9.17) is 0 Å². The van der Waals surface area contributed by atoms with Crippen LogP contribution in [0.4, 0.5) is 13.2 Å². The first-order valence-corrected chi connectivity index (χ1v) is 7.85. The first kappa shape index (κ1) is 17.5. The van der Waals surface area contributed by atoms with Crippen LogP contribution in [0.15, 0.2) is 12.1 Å². The van der Waals surface area contributed by atoms with Crippen molar-refractivity contribution in [2.24, 2.45) is 0 Å². The SMILES string of the molecule is CCCNC(CCC(F)(F)F)c1ccc(C(C)(C)C)s1. The van der Waals surface area contributed by atoms with E-state index in [1.807, 2.05) is 19.1 Å². The molecule has 1 nitrogen and oxygen atoms in total. The fraction of sp³-hybridized carbons (Fsp3) is 0.733. The summed E-state index contributed by atoms with van der Waals surface area (Å²) < 4.78 is 37.3. The summed E-state index contributed by atoms with van der Waals surface area (Å²) >= 11 is 1.62. The Kier molecular flexibility index (Phi) is 6.07. The predicted octanol–water partition coefficient (Wildman–Crippen LogP) is 5.43. The second-order valence-electron chi connectivity index (χ2n) is 6.11. The molecule has 0 saturated heterocycles. The van der Waals surface area contributed by atoms with Crippen LogP contribution in [0.2, 0.25) is 0 Å². The van der Waals surface area contributed by atoms with Gasteiger partial charge >= 0.3 is 6.18 Å². The maximum Gasteiger partial charge on any atom is 0.389 e. The molecule has 5 heteroatoms. The van der Waals surface area contributed by atoms with E-state index in [0.29, 0.717) is 0 Å². The molecule has 0 aliphatic carbocycles. The van der Waals surface area contributed by atoms with Gasteiger partial charge in [0.1, 0.15) is 0 Å². The highest BCUT2D eigenvalue weighted by molar-refractivity contribution is 7.12. The molecular formula is C15H24F3NS. The Morgan fingerprint density at radius 1 is 1.20 bits per heavy atom. The van der Waals surface area contributed by atoms with Gasteiger partial charge in [0.05, 0.1) is 0 Å². The zero-order valence-corrected chi connectivity index (χ0v) is 13.4. The molecule has 1 heterocycles. The van der Waals surface area contributed by atoms with Crippen molar-refractivity contribution in [1.82, 2.24) is 5.32 Å². The molecule has 1 rings (SSSR count). The van der Waals surface area contributed by atoms with Gasteiger partial charge in [-0.2, -0.15) is 13.2 Å². The topological polar surface area (TPSA) is 12.0 Å². The average Bonchev–Trinajstić information content (AvgIpc) is 2.76. The van der Waals surface area contributed by atoms with Gasteiger partial charge in [-0.15, -0.1) is 11.3 Å². The quantitative estimate of drug-likeness (QED) is 0.739. The minimum atomic E-state index is -4.09. The van der Waals surface area contributed by atoms with Crippen molar-refractivity contribution in [3.8, 4) is 0 Å². The van der Waals surface area contributed by atoms with Crippen molar-refractivity contribution in [3.05, 3.63) is 21.9 Å². The number of hydrogen-bond acceptors (Lipinski definition) is 2. The van der Waals surface area contributed by atoms with Gasteiger partial charge in [0.2, 0.25) is 0 Å². The molecule has 1 aromatic rings. The molecule has 1 atom stereocenters. The fourth-order valence-electron chi connectivity index (χ4n) is 1.91. The molecule has 1 N–H and O–H groups in total. The number of thiophene rings is 1. The summed E-state index contributed by atoms with van der Waals surface area (Å²) in [5.41, 5.74) is 0.0439. The Morgan fingerprint density at radius 2 is 1.85 bits per heavy atom. The third-order valence-electron chi connectivity index (χ3n) is 3.07. The minimum absolute atomic E-state index is 0.0439. The molecule has 0 saturated carbocycles. The van der Waals surface area contributed by atoms with Gasteiger partial charge in [-0.25, -0.2) is 0 Å².